The Kier molecular flexibility index (Phi) is 9.24. The highest BCUT2D eigenvalue weighted by Crippen LogP contribution is 2.35. The van der Waals surface area contributed by atoms with E-state index in [1.807, 2.05) is 24.3 Å². The van der Waals surface area contributed by atoms with Crippen LogP contribution >= 0.6 is 23.4 Å². The number of ether oxygens (including phenoxy) is 1. The third-order valence-electron chi connectivity index (χ3n) is 4.53. The molecule has 1 amide bonds. The number of nitrogens with one attached hydrogen (secondary N) is 2. The fourth-order valence-corrected chi connectivity index (χ4v) is 3.91. The lowest BCUT2D eigenvalue weighted by atomic mass is 10.1. The molecule has 0 unspecified atom stereocenters. The molecule has 3 aromatic rings. The van der Waals surface area contributed by atoms with Crippen LogP contribution in [-0.4, -0.2) is 23.6 Å². The van der Waals surface area contributed by atoms with Gasteiger partial charge in [-0.25, -0.2) is 4.39 Å². The molecule has 0 atom stereocenters. The summed E-state index contributed by atoms with van der Waals surface area (Å²) in [7, 11) is 0. The Hall–Kier alpha value is -3.16. The Morgan fingerprint density at radius 3 is 2.62 bits per heavy atom. The van der Waals surface area contributed by atoms with E-state index in [9.17, 15) is 9.18 Å². The van der Waals surface area contributed by atoms with Crippen molar-refractivity contribution >= 4 is 52.6 Å². The number of anilines is 1. The van der Waals surface area contributed by atoms with Crippen molar-refractivity contribution in [2.75, 3.05) is 11.1 Å². The van der Waals surface area contributed by atoms with Gasteiger partial charge in [0.25, 0.3) is 0 Å². The van der Waals surface area contributed by atoms with Crippen molar-refractivity contribution in [1.82, 2.24) is 0 Å². The first kappa shape index (κ1) is 25.5. The molecule has 0 spiro atoms. The first-order chi connectivity index (χ1) is 16.3. The smallest absolute Gasteiger partial charge is 0.228 e. The summed E-state index contributed by atoms with van der Waals surface area (Å²) in [6.45, 7) is 3.78. The van der Waals surface area contributed by atoms with Gasteiger partial charge in [0.15, 0.2) is 5.75 Å². The second-order valence-corrected chi connectivity index (χ2v) is 9.26. The van der Waals surface area contributed by atoms with E-state index in [4.69, 9.17) is 21.7 Å². The lowest BCUT2D eigenvalue weighted by Gasteiger charge is -2.12. The summed E-state index contributed by atoms with van der Waals surface area (Å²) >= 11 is 7.70. The van der Waals surface area contributed by atoms with Crippen LogP contribution in [0.15, 0.2) is 70.6 Å². The van der Waals surface area contributed by atoms with Crippen LogP contribution < -0.4 is 10.1 Å². The standard InChI is InChI=1S/C26H25ClFN3O2S/c1-3-34-23-7-4-18(5-8-23)12-26(32)31-21-6-9-24(30-11-10-17(2)29)25(16-21)33-22-14-19(27)13-20(28)15-22/h4-9,11,13-16,29H,3,10,12H2,1-2H3,(H,31,32). The lowest BCUT2D eigenvalue weighted by Crippen LogP contribution is -2.14. The zero-order valence-corrected chi connectivity index (χ0v) is 20.5. The van der Waals surface area contributed by atoms with Crippen molar-refractivity contribution in [2.24, 2.45) is 4.99 Å². The van der Waals surface area contributed by atoms with Gasteiger partial charge < -0.3 is 15.5 Å². The highest BCUT2D eigenvalue weighted by molar-refractivity contribution is 7.99. The molecule has 0 aliphatic rings. The molecule has 34 heavy (non-hydrogen) atoms. The van der Waals surface area contributed by atoms with Gasteiger partial charge in [-0.1, -0.05) is 30.7 Å². The van der Waals surface area contributed by atoms with Gasteiger partial charge in [0.2, 0.25) is 5.91 Å². The largest absolute Gasteiger partial charge is 0.455 e. The molecule has 0 fully saturated rings. The minimum absolute atomic E-state index is 0.175. The zero-order valence-electron chi connectivity index (χ0n) is 18.9. The van der Waals surface area contributed by atoms with Gasteiger partial charge in [0, 0.05) is 46.1 Å². The predicted octanol–water partition coefficient (Wildman–Crippen LogP) is 7.70. The average molecular weight is 498 g/mol. The van der Waals surface area contributed by atoms with Crippen molar-refractivity contribution in [3.05, 3.63) is 77.1 Å². The van der Waals surface area contributed by atoms with Crippen LogP contribution in [-0.2, 0) is 11.2 Å². The van der Waals surface area contributed by atoms with E-state index in [0.717, 1.165) is 11.3 Å². The molecular weight excluding hydrogens is 473 g/mol. The first-order valence-corrected chi connectivity index (χ1v) is 12.0. The van der Waals surface area contributed by atoms with Crippen molar-refractivity contribution in [3.63, 3.8) is 0 Å². The second kappa shape index (κ2) is 12.3. The van der Waals surface area contributed by atoms with Crippen LogP contribution in [0.5, 0.6) is 11.5 Å². The van der Waals surface area contributed by atoms with Crippen LogP contribution in [0.2, 0.25) is 5.02 Å². The molecule has 0 heterocycles. The fourth-order valence-electron chi connectivity index (χ4n) is 3.04. The molecular formula is C26H25ClFN3O2S. The minimum atomic E-state index is -0.528. The van der Waals surface area contributed by atoms with Crippen LogP contribution in [0.1, 0.15) is 25.8 Å². The molecule has 0 radical (unpaired) electrons. The third-order valence-corrected chi connectivity index (χ3v) is 5.65. The lowest BCUT2D eigenvalue weighted by molar-refractivity contribution is -0.115. The molecule has 3 rings (SSSR count). The van der Waals surface area contributed by atoms with Gasteiger partial charge in [0.1, 0.15) is 17.3 Å². The van der Waals surface area contributed by atoms with E-state index in [1.54, 1.807) is 43.1 Å². The van der Waals surface area contributed by atoms with Crippen molar-refractivity contribution in [1.29, 1.82) is 5.41 Å². The number of carbonyl (C=O) groups excluding carboxylic acids is 1. The molecule has 3 aromatic carbocycles. The monoisotopic (exact) mass is 497 g/mol. The predicted molar refractivity (Wildman–Crippen MR) is 139 cm³/mol. The normalized spacial score (nSPS) is 10.9. The number of benzene rings is 3. The SMILES string of the molecule is CCSc1ccc(CC(=O)Nc2ccc(N=CCC(C)=N)c(Oc3cc(F)cc(Cl)c3)c2)cc1. The Labute approximate surface area is 207 Å². The Balaban J connectivity index is 1.78. The molecule has 0 aliphatic heterocycles. The van der Waals surface area contributed by atoms with E-state index in [2.05, 4.69) is 17.2 Å². The van der Waals surface area contributed by atoms with Gasteiger partial charge in [-0.2, -0.15) is 0 Å². The van der Waals surface area contributed by atoms with Crippen molar-refractivity contribution in [2.45, 2.75) is 31.6 Å². The van der Waals surface area contributed by atoms with Crippen LogP contribution in [0.25, 0.3) is 0 Å². The van der Waals surface area contributed by atoms with E-state index in [-0.39, 0.29) is 23.1 Å². The molecule has 5 nitrogen and oxygen atoms in total. The zero-order chi connectivity index (χ0) is 24.5. The molecule has 0 bridgehead atoms. The minimum Gasteiger partial charge on any atom is -0.455 e. The van der Waals surface area contributed by atoms with Crippen LogP contribution in [0, 0.1) is 11.2 Å². The second-order valence-electron chi connectivity index (χ2n) is 7.49. The highest BCUT2D eigenvalue weighted by Gasteiger charge is 2.11. The summed E-state index contributed by atoms with van der Waals surface area (Å²) in [5.41, 5.74) is 2.37. The summed E-state index contributed by atoms with van der Waals surface area (Å²) in [6.07, 6.45) is 2.21. The molecule has 0 aromatic heterocycles. The van der Waals surface area contributed by atoms with E-state index in [1.165, 1.54) is 23.1 Å². The molecule has 0 aliphatic carbocycles. The van der Waals surface area contributed by atoms with E-state index < -0.39 is 5.82 Å². The maximum Gasteiger partial charge on any atom is 0.228 e. The number of thioether (sulfide) groups is 1. The summed E-state index contributed by atoms with van der Waals surface area (Å²) in [4.78, 5) is 18.1. The number of hydrogen-bond donors (Lipinski definition) is 2. The van der Waals surface area contributed by atoms with Gasteiger partial charge in [-0.3, -0.25) is 9.79 Å². The number of amides is 1. The van der Waals surface area contributed by atoms with E-state index in [0.29, 0.717) is 29.3 Å². The summed E-state index contributed by atoms with van der Waals surface area (Å²) in [5, 5.41) is 10.6. The van der Waals surface area contributed by atoms with Crippen LogP contribution in [0.3, 0.4) is 0 Å². The Morgan fingerprint density at radius 1 is 1.18 bits per heavy atom. The Bertz CT molecular complexity index is 1180. The molecule has 2 N–H and O–H groups in total. The quantitative estimate of drug-likeness (QED) is 0.222. The fraction of sp³-hybridized carbons (Fsp3) is 0.192. The topological polar surface area (TPSA) is 74.5 Å². The average Bonchev–Trinajstić information content (AvgIpc) is 2.76. The maximum absolute atomic E-state index is 13.8. The molecule has 0 saturated carbocycles. The number of aliphatic imine (C=N–C) groups is 1. The number of halogens is 2. The van der Waals surface area contributed by atoms with Crippen LogP contribution in [0.4, 0.5) is 15.8 Å². The summed E-state index contributed by atoms with van der Waals surface area (Å²) < 4.78 is 19.6. The van der Waals surface area contributed by atoms with Crippen molar-refractivity contribution < 1.29 is 13.9 Å². The van der Waals surface area contributed by atoms with Crippen molar-refractivity contribution in [3.8, 4) is 11.5 Å². The maximum atomic E-state index is 13.8. The third kappa shape index (κ3) is 8.01. The molecule has 176 valence electrons. The van der Waals surface area contributed by atoms with Gasteiger partial charge in [0.05, 0.1) is 6.42 Å². The first-order valence-electron chi connectivity index (χ1n) is 10.7. The number of hydrogen-bond acceptors (Lipinski definition) is 5. The molecule has 0 saturated heterocycles. The van der Waals surface area contributed by atoms with Gasteiger partial charge in [-0.05, 0) is 54.6 Å². The number of rotatable bonds is 10. The van der Waals surface area contributed by atoms with E-state index >= 15 is 0 Å². The summed E-state index contributed by atoms with van der Waals surface area (Å²) in [5.74, 6) is 0.816. The Morgan fingerprint density at radius 2 is 1.94 bits per heavy atom. The highest BCUT2D eigenvalue weighted by atomic mass is 35.5. The van der Waals surface area contributed by atoms with Gasteiger partial charge >= 0.3 is 0 Å². The number of nitrogens with zero attached hydrogens (tertiary/aromatic N) is 1. The summed E-state index contributed by atoms with van der Waals surface area (Å²) in [6, 6.07) is 16.8. The molecule has 8 heteroatoms. The van der Waals surface area contributed by atoms with Gasteiger partial charge in [-0.15, -0.1) is 11.8 Å². The number of carbonyl (C=O) groups is 1.